The van der Waals surface area contributed by atoms with Crippen LogP contribution in [0.1, 0.15) is 50.8 Å². The lowest BCUT2D eigenvalue weighted by molar-refractivity contribution is -0.119. The molecule has 2 rings (SSSR count). The van der Waals surface area contributed by atoms with Gasteiger partial charge in [-0.15, -0.1) is 0 Å². The van der Waals surface area contributed by atoms with Crippen molar-refractivity contribution >= 4 is 5.78 Å². The number of aromatic nitrogens is 2. The fourth-order valence-electron chi connectivity index (χ4n) is 2.59. The number of carbonyl (C=O) groups excluding carboxylic acids is 1. The van der Waals surface area contributed by atoms with Crippen molar-refractivity contribution in [2.24, 2.45) is 11.7 Å². The number of nitrogens with two attached hydrogens (primary N) is 1. The normalized spacial score (nSPS) is 18.1. The SMILES string of the molecule is CC(CN)CC(=O)Cc1ccn(C2CCCC2)n1. The molecule has 1 fully saturated rings. The number of nitrogens with zero attached hydrogens (tertiary/aromatic N) is 2. The topological polar surface area (TPSA) is 60.9 Å². The maximum Gasteiger partial charge on any atom is 0.139 e. The molecule has 0 amide bonds. The molecule has 1 unspecified atom stereocenters. The van der Waals surface area contributed by atoms with Crippen LogP contribution in [0.2, 0.25) is 0 Å². The van der Waals surface area contributed by atoms with Gasteiger partial charge in [0.1, 0.15) is 5.78 Å². The summed E-state index contributed by atoms with van der Waals surface area (Å²) in [5.41, 5.74) is 6.43. The number of hydrogen-bond acceptors (Lipinski definition) is 3. The Morgan fingerprint density at radius 3 is 2.94 bits per heavy atom. The van der Waals surface area contributed by atoms with Gasteiger partial charge in [0.15, 0.2) is 0 Å². The van der Waals surface area contributed by atoms with Crippen LogP contribution in [0, 0.1) is 5.92 Å². The molecule has 0 bridgehead atoms. The molecule has 0 radical (unpaired) electrons. The van der Waals surface area contributed by atoms with Crippen molar-refractivity contribution in [3.05, 3.63) is 18.0 Å². The molecule has 1 aromatic heterocycles. The quantitative estimate of drug-likeness (QED) is 0.839. The lowest BCUT2D eigenvalue weighted by Gasteiger charge is -2.09. The van der Waals surface area contributed by atoms with E-state index in [0.717, 1.165) is 5.69 Å². The second kappa shape index (κ2) is 6.14. The van der Waals surface area contributed by atoms with Crippen molar-refractivity contribution in [2.75, 3.05) is 6.54 Å². The molecule has 4 nitrogen and oxygen atoms in total. The molecule has 100 valence electrons. The zero-order valence-corrected chi connectivity index (χ0v) is 11.1. The van der Waals surface area contributed by atoms with Crippen LogP contribution in [0.3, 0.4) is 0 Å². The zero-order chi connectivity index (χ0) is 13.0. The summed E-state index contributed by atoms with van der Waals surface area (Å²) in [4.78, 5) is 11.8. The van der Waals surface area contributed by atoms with Crippen LogP contribution in [0.4, 0.5) is 0 Å². The lowest BCUT2D eigenvalue weighted by atomic mass is 10.0. The molecule has 4 heteroatoms. The van der Waals surface area contributed by atoms with E-state index in [1.807, 2.05) is 23.9 Å². The zero-order valence-electron chi connectivity index (χ0n) is 11.1. The first kappa shape index (κ1) is 13.3. The molecule has 1 heterocycles. The van der Waals surface area contributed by atoms with Gasteiger partial charge in [-0.25, -0.2) is 0 Å². The van der Waals surface area contributed by atoms with Crippen molar-refractivity contribution in [3.63, 3.8) is 0 Å². The van der Waals surface area contributed by atoms with Gasteiger partial charge in [-0.1, -0.05) is 19.8 Å². The number of Topliss-reactive ketones (excluding diaryl/α,β-unsaturated/α-hetero) is 1. The van der Waals surface area contributed by atoms with Crippen molar-refractivity contribution in [1.82, 2.24) is 9.78 Å². The van der Waals surface area contributed by atoms with Crippen molar-refractivity contribution in [2.45, 2.75) is 51.5 Å². The van der Waals surface area contributed by atoms with Crippen LogP contribution in [0.25, 0.3) is 0 Å². The Kier molecular flexibility index (Phi) is 4.53. The van der Waals surface area contributed by atoms with Crippen molar-refractivity contribution in [3.8, 4) is 0 Å². The van der Waals surface area contributed by atoms with Gasteiger partial charge in [-0.3, -0.25) is 9.48 Å². The van der Waals surface area contributed by atoms with E-state index < -0.39 is 0 Å². The van der Waals surface area contributed by atoms with Gasteiger partial charge in [0, 0.05) is 12.6 Å². The predicted octanol–water partition coefficient (Wildman–Crippen LogP) is 2.09. The molecule has 0 aliphatic heterocycles. The molecule has 18 heavy (non-hydrogen) atoms. The minimum Gasteiger partial charge on any atom is -0.330 e. The van der Waals surface area contributed by atoms with Gasteiger partial charge in [-0.2, -0.15) is 5.10 Å². The molecule has 0 aromatic carbocycles. The van der Waals surface area contributed by atoms with Gasteiger partial charge >= 0.3 is 0 Å². The van der Waals surface area contributed by atoms with Crippen LogP contribution in [-0.4, -0.2) is 22.1 Å². The molecule has 1 aliphatic rings. The minimum atomic E-state index is 0.240. The number of hydrogen-bond donors (Lipinski definition) is 1. The van der Waals surface area contributed by atoms with Crippen LogP contribution in [0.5, 0.6) is 0 Å². The summed E-state index contributed by atoms with van der Waals surface area (Å²) in [7, 11) is 0. The second-order valence-corrected chi connectivity index (χ2v) is 5.49. The van der Waals surface area contributed by atoms with Gasteiger partial charge in [0.2, 0.25) is 0 Å². The molecule has 0 spiro atoms. The standard InChI is InChI=1S/C14H23N3O/c1-11(10-15)8-14(18)9-12-6-7-17(16-12)13-4-2-3-5-13/h6-7,11,13H,2-5,8-10,15H2,1H3. The first-order valence-corrected chi connectivity index (χ1v) is 6.95. The highest BCUT2D eigenvalue weighted by Gasteiger charge is 2.18. The van der Waals surface area contributed by atoms with Crippen LogP contribution in [-0.2, 0) is 11.2 Å². The summed E-state index contributed by atoms with van der Waals surface area (Å²) in [5, 5.41) is 4.53. The summed E-state index contributed by atoms with van der Waals surface area (Å²) >= 11 is 0. The third-order valence-corrected chi connectivity index (χ3v) is 3.72. The van der Waals surface area contributed by atoms with Crippen LogP contribution in [0.15, 0.2) is 12.3 Å². The Labute approximate surface area is 109 Å². The van der Waals surface area contributed by atoms with Crippen LogP contribution >= 0.6 is 0 Å². The predicted molar refractivity (Wildman–Crippen MR) is 71.3 cm³/mol. The van der Waals surface area contributed by atoms with Gasteiger partial charge in [0.05, 0.1) is 18.2 Å². The molecular formula is C14H23N3O. The average molecular weight is 249 g/mol. The van der Waals surface area contributed by atoms with E-state index >= 15 is 0 Å². The molecule has 1 saturated carbocycles. The first-order chi connectivity index (χ1) is 8.69. The van der Waals surface area contributed by atoms with E-state index in [4.69, 9.17) is 5.73 Å². The Hall–Kier alpha value is -1.16. The number of rotatable bonds is 6. The summed E-state index contributed by atoms with van der Waals surface area (Å²) in [6.07, 6.45) is 8.07. The molecule has 2 N–H and O–H groups in total. The smallest absolute Gasteiger partial charge is 0.139 e. The van der Waals surface area contributed by atoms with Crippen LogP contribution < -0.4 is 5.73 Å². The van der Waals surface area contributed by atoms with E-state index in [0.29, 0.717) is 25.4 Å². The third-order valence-electron chi connectivity index (χ3n) is 3.72. The summed E-state index contributed by atoms with van der Waals surface area (Å²) in [5.74, 6) is 0.513. The summed E-state index contributed by atoms with van der Waals surface area (Å²) < 4.78 is 2.04. The molecule has 1 atom stereocenters. The summed E-state index contributed by atoms with van der Waals surface area (Å²) in [6, 6.07) is 2.53. The van der Waals surface area contributed by atoms with E-state index in [2.05, 4.69) is 5.10 Å². The maximum absolute atomic E-state index is 11.8. The van der Waals surface area contributed by atoms with Gasteiger partial charge < -0.3 is 5.73 Å². The lowest BCUT2D eigenvalue weighted by Crippen LogP contribution is -2.16. The third kappa shape index (κ3) is 3.42. The number of carbonyl (C=O) groups is 1. The highest BCUT2D eigenvalue weighted by molar-refractivity contribution is 5.80. The maximum atomic E-state index is 11.8. The van der Waals surface area contributed by atoms with E-state index in [-0.39, 0.29) is 11.7 Å². The Morgan fingerprint density at radius 1 is 1.56 bits per heavy atom. The molecule has 1 aliphatic carbocycles. The van der Waals surface area contributed by atoms with Crippen molar-refractivity contribution in [1.29, 1.82) is 0 Å². The largest absolute Gasteiger partial charge is 0.330 e. The van der Waals surface area contributed by atoms with Gasteiger partial charge in [-0.05, 0) is 31.4 Å². The second-order valence-electron chi connectivity index (χ2n) is 5.49. The van der Waals surface area contributed by atoms with E-state index in [1.54, 1.807) is 0 Å². The Bertz CT molecular complexity index is 393. The molecular weight excluding hydrogens is 226 g/mol. The van der Waals surface area contributed by atoms with E-state index in [9.17, 15) is 4.79 Å². The Morgan fingerprint density at radius 2 is 2.28 bits per heavy atom. The fraction of sp³-hybridized carbons (Fsp3) is 0.714. The van der Waals surface area contributed by atoms with Crippen molar-refractivity contribution < 1.29 is 4.79 Å². The molecule has 1 aromatic rings. The average Bonchev–Trinajstić information content (AvgIpc) is 2.98. The van der Waals surface area contributed by atoms with E-state index in [1.165, 1.54) is 25.7 Å². The van der Waals surface area contributed by atoms with Gasteiger partial charge in [0.25, 0.3) is 0 Å². The highest BCUT2D eigenvalue weighted by atomic mass is 16.1. The Balaban J connectivity index is 1.88. The first-order valence-electron chi connectivity index (χ1n) is 6.95. The molecule has 0 saturated heterocycles. The number of ketones is 1. The highest BCUT2D eigenvalue weighted by Crippen LogP contribution is 2.28. The fourth-order valence-corrected chi connectivity index (χ4v) is 2.59. The minimum absolute atomic E-state index is 0.240. The summed E-state index contributed by atoms with van der Waals surface area (Å²) in [6.45, 7) is 2.58. The monoisotopic (exact) mass is 249 g/mol.